The normalized spacial score (nSPS) is 11.4. The molecule has 1 aromatic heterocycles. The van der Waals surface area contributed by atoms with Crippen LogP contribution in [-0.4, -0.2) is 31.3 Å². The first-order chi connectivity index (χ1) is 12.5. The van der Waals surface area contributed by atoms with Crippen LogP contribution in [0, 0.1) is 0 Å². The number of benzene rings is 2. The number of sulfonamides is 1. The molecule has 0 spiro atoms. The highest BCUT2D eigenvalue weighted by molar-refractivity contribution is 7.88. The predicted molar refractivity (Wildman–Crippen MR) is 98.8 cm³/mol. The zero-order chi connectivity index (χ0) is 18.6. The van der Waals surface area contributed by atoms with Gasteiger partial charge in [0.2, 0.25) is 10.0 Å². The Balaban J connectivity index is 1.75. The van der Waals surface area contributed by atoms with Gasteiger partial charge < -0.3 is 5.32 Å². The first kappa shape index (κ1) is 18.0. The lowest BCUT2D eigenvalue weighted by molar-refractivity contribution is 0.0951. The van der Waals surface area contributed by atoms with E-state index in [2.05, 4.69) is 20.0 Å². The van der Waals surface area contributed by atoms with Gasteiger partial charge in [-0.1, -0.05) is 24.3 Å². The molecule has 1 heterocycles. The van der Waals surface area contributed by atoms with Gasteiger partial charge in [0.25, 0.3) is 5.91 Å². The number of nitrogens with zero attached hydrogens (tertiary/aromatic N) is 2. The third-order valence-corrected chi connectivity index (χ3v) is 5.26. The van der Waals surface area contributed by atoms with E-state index in [-0.39, 0.29) is 18.2 Å². The van der Waals surface area contributed by atoms with Crippen molar-refractivity contribution >= 4 is 27.0 Å². The lowest BCUT2D eigenvalue weighted by Crippen LogP contribution is -2.25. The molecule has 3 aromatic rings. The summed E-state index contributed by atoms with van der Waals surface area (Å²) in [5, 5.41) is 2.82. The first-order valence-electron chi connectivity index (χ1n) is 7.95. The van der Waals surface area contributed by atoms with E-state index in [1.165, 1.54) is 7.05 Å². The minimum Gasteiger partial charge on any atom is -0.348 e. The van der Waals surface area contributed by atoms with Gasteiger partial charge in [-0.2, -0.15) is 0 Å². The van der Waals surface area contributed by atoms with Crippen LogP contribution in [0.15, 0.2) is 54.9 Å². The number of aromatic nitrogens is 2. The fourth-order valence-electron chi connectivity index (χ4n) is 2.53. The van der Waals surface area contributed by atoms with Gasteiger partial charge in [0.1, 0.15) is 0 Å². The molecular weight excluding hydrogens is 352 g/mol. The Bertz CT molecular complexity index is 1050. The Morgan fingerprint density at radius 3 is 2.42 bits per heavy atom. The van der Waals surface area contributed by atoms with Crippen molar-refractivity contribution in [3.8, 4) is 0 Å². The summed E-state index contributed by atoms with van der Waals surface area (Å²) >= 11 is 0. The highest BCUT2D eigenvalue weighted by Crippen LogP contribution is 2.14. The minimum absolute atomic E-state index is 0.138. The van der Waals surface area contributed by atoms with E-state index in [1.54, 1.807) is 48.8 Å². The second kappa shape index (κ2) is 7.59. The van der Waals surface area contributed by atoms with Crippen LogP contribution in [0.2, 0.25) is 0 Å². The third-order valence-electron chi connectivity index (χ3n) is 3.95. The Morgan fingerprint density at radius 1 is 1.00 bits per heavy atom. The molecule has 0 radical (unpaired) electrons. The zero-order valence-corrected chi connectivity index (χ0v) is 15.0. The van der Waals surface area contributed by atoms with Crippen molar-refractivity contribution in [2.75, 3.05) is 7.05 Å². The molecule has 0 fully saturated rings. The van der Waals surface area contributed by atoms with E-state index in [1.807, 2.05) is 6.07 Å². The zero-order valence-electron chi connectivity index (χ0n) is 14.1. The van der Waals surface area contributed by atoms with E-state index in [0.29, 0.717) is 22.2 Å². The molecule has 26 heavy (non-hydrogen) atoms. The van der Waals surface area contributed by atoms with Gasteiger partial charge in [-0.05, 0) is 36.4 Å². The van der Waals surface area contributed by atoms with E-state index < -0.39 is 10.0 Å². The van der Waals surface area contributed by atoms with Crippen molar-refractivity contribution < 1.29 is 13.2 Å². The summed E-state index contributed by atoms with van der Waals surface area (Å²) in [5.74, 6) is -0.398. The second-order valence-electron chi connectivity index (χ2n) is 5.67. The Labute approximate surface area is 151 Å². The molecule has 0 unspecified atom stereocenters. The molecule has 0 aliphatic carbocycles. The lowest BCUT2D eigenvalue weighted by Gasteiger charge is -2.11. The summed E-state index contributed by atoms with van der Waals surface area (Å²) in [5.41, 5.74) is 3.22. The predicted octanol–water partition coefficient (Wildman–Crippen LogP) is 1.61. The van der Waals surface area contributed by atoms with Crippen molar-refractivity contribution in [3.63, 3.8) is 0 Å². The van der Waals surface area contributed by atoms with Crippen LogP contribution in [0.4, 0.5) is 0 Å². The molecule has 0 bridgehead atoms. The lowest BCUT2D eigenvalue weighted by atomic mass is 10.1. The monoisotopic (exact) mass is 370 g/mol. The average Bonchev–Trinajstić information content (AvgIpc) is 2.66. The van der Waals surface area contributed by atoms with Crippen LogP contribution in [0.5, 0.6) is 0 Å². The largest absolute Gasteiger partial charge is 0.348 e. The molecule has 0 saturated carbocycles. The summed E-state index contributed by atoms with van der Waals surface area (Å²) < 4.78 is 25.9. The highest BCUT2D eigenvalue weighted by atomic mass is 32.2. The van der Waals surface area contributed by atoms with Gasteiger partial charge in [0.05, 0.1) is 16.8 Å². The van der Waals surface area contributed by atoms with Gasteiger partial charge in [0, 0.05) is 24.5 Å². The summed E-state index contributed by atoms with van der Waals surface area (Å²) in [4.78, 5) is 20.8. The van der Waals surface area contributed by atoms with Crippen LogP contribution >= 0.6 is 0 Å². The van der Waals surface area contributed by atoms with Gasteiger partial charge in [-0.3, -0.25) is 14.8 Å². The van der Waals surface area contributed by atoms with Crippen LogP contribution < -0.4 is 10.0 Å². The Morgan fingerprint density at radius 2 is 1.69 bits per heavy atom. The molecule has 7 nitrogen and oxygen atoms in total. The molecule has 0 saturated heterocycles. The maximum Gasteiger partial charge on any atom is 0.251 e. The number of nitrogens with one attached hydrogen (secondary N) is 2. The summed E-state index contributed by atoms with van der Waals surface area (Å²) in [6.45, 7) is 0.229. The number of fused-ring (bicyclic) bond motifs is 1. The average molecular weight is 370 g/mol. The van der Waals surface area contributed by atoms with Crippen molar-refractivity contribution in [2.45, 2.75) is 12.3 Å². The molecular formula is C18H18N4O3S. The molecule has 2 N–H and O–H groups in total. The van der Waals surface area contributed by atoms with Crippen molar-refractivity contribution in [1.82, 2.24) is 20.0 Å². The fraction of sp³-hybridized carbons (Fsp3) is 0.167. The third kappa shape index (κ3) is 4.22. The van der Waals surface area contributed by atoms with Crippen molar-refractivity contribution in [1.29, 1.82) is 0 Å². The number of hydrogen-bond acceptors (Lipinski definition) is 5. The Kier molecular flexibility index (Phi) is 5.24. The van der Waals surface area contributed by atoms with Crippen LogP contribution in [0.1, 0.15) is 21.5 Å². The van der Waals surface area contributed by atoms with Crippen LogP contribution in [-0.2, 0) is 22.3 Å². The standard InChI is InChI=1S/C18H18N4O3S/c1-19-26(24,25)12-15-5-3-2-4-14(15)11-22-18(23)13-6-7-16-17(10-13)21-9-8-20-16/h2-10,19H,11-12H2,1H3,(H,22,23). The maximum absolute atomic E-state index is 12.4. The molecule has 2 aromatic carbocycles. The SMILES string of the molecule is CNS(=O)(=O)Cc1ccccc1CNC(=O)c1ccc2nccnc2c1. The molecule has 8 heteroatoms. The molecule has 0 atom stereocenters. The second-order valence-corrected chi connectivity index (χ2v) is 7.60. The summed E-state index contributed by atoms with van der Waals surface area (Å²) in [6.07, 6.45) is 3.17. The summed E-state index contributed by atoms with van der Waals surface area (Å²) in [6, 6.07) is 12.2. The molecule has 1 amide bonds. The number of hydrogen-bond donors (Lipinski definition) is 2. The topological polar surface area (TPSA) is 101 Å². The van der Waals surface area contributed by atoms with E-state index in [4.69, 9.17) is 0 Å². The molecule has 134 valence electrons. The van der Waals surface area contributed by atoms with Gasteiger partial charge in [-0.25, -0.2) is 13.1 Å². The minimum atomic E-state index is -3.39. The number of amides is 1. The van der Waals surface area contributed by atoms with Crippen molar-refractivity contribution in [2.24, 2.45) is 0 Å². The maximum atomic E-state index is 12.4. The van der Waals surface area contributed by atoms with Gasteiger partial charge >= 0.3 is 0 Å². The van der Waals surface area contributed by atoms with E-state index in [9.17, 15) is 13.2 Å². The van der Waals surface area contributed by atoms with Crippen molar-refractivity contribution in [3.05, 3.63) is 71.5 Å². The van der Waals surface area contributed by atoms with E-state index >= 15 is 0 Å². The number of carbonyl (C=O) groups excluding carboxylic acids is 1. The van der Waals surface area contributed by atoms with Gasteiger partial charge in [0.15, 0.2) is 0 Å². The number of carbonyl (C=O) groups is 1. The van der Waals surface area contributed by atoms with E-state index in [0.717, 1.165) is 5.56 Å². The number of rotatable bonds is 6. The Hall–Kier alpha value is -2.84. The fourth-order valence-corrected chi connectivity index (χ4v) is 3.37. The molecule has 0 aliphatic rings. The van der Waals surface area contributed by atoms with Crippen LogP contribution in [0.25, 0.3) is 11.0 Å². The summed E-state index contributed by atoms with van der Waals surface area (Å²) in [7, 11) is -2.01. The first-order valence-corrected chi connectivity index (χ1v) is 9.61. The molecule has 0 aliphatic heterocycles. The quantitative estimate of drug-likeness (QED) is 0.686. The smallest absolute Gasteiger partial charge is 0.251 e. The molecule has 3 rings (SSSR count). The van der Waals surface area contributed by atoms with Crippen LogP contribution in [0.3, 0.4) is 0 Å². The van der Waals surface area contributed by atoms with Gasteiger partial charge in [-0.15, -0.1) is 0 Å². The highest BCUT2D eigenvalue weighted by Gasteiger charge is 2.13.